The Bertz CT molecular complexity index is 1020. The van der Waals surface area contributed by atoms with Gasteiger partial charge in [0.15, 0.2) is 5.16 Å². The molecule has 0 unspecified atom stereocenters. The van der Waals surface area contributed by atoms with Crippen LogP contribution in [0.5, 0.6) is 0 Å². The minimum Gasteiger partial charge on any atom is -0.260 e. The third kappa shape index (κ3) is 2.55. The van der Waals surface area contributed by atoms with Gasteiger partial charge in [-0.15, -0.1) is 10.2 Å². The molecule has 23 heavy (non-hydrogen) atoms. The van der Waals surface area contributed by atoms with E-state index in [1.807, 2.05) is 28.7 Å². The zero-order valence-electron chi connectivity index (χ0n) is 11.7. The van der Waals surface area contributed by atoms with Gasteiger partial charge in [-0.3, -0.25) is 14.5 Å². The van der Waals surface area contributed by atoms with E-state index in [4.69, 9.17) is 0 Å². The number of thioether (sulfide) groups is 1. The van der Waals surface area contributed by atoms with Gasteiger partial charge in [0.1, 0.15) is 0 Å². The monoisotopic (exact) mass is 342 g/mol. The van der Waals surface area contributed by atoms with Crippen molar-refractivity contribution >= 4 is 44.0 Å². The van der Waals surface area contributed by atoms with Gasteiger partial charge in [0.05, 0.1) is 15.1 Å². The molecule has 4 rings (SSSR count). The number of nitro groups is 1. The largest absolute Gasteiger partial charge is 0.269 e. The first-order valence-electron chi connectivity index (χ1n) is 6.81. The average Bonchev–Trinajstić information content (AvgIpc) is 3.12. The van der Waals surface area contributed by atoms with Crippen LogP contribution in [-0.4, -0.2) is 19.5 Å². The number of para-hydroxylation sites is 1. The quantitative estimate of drug-likeness (QED) is 0.316. The zero-order chi connectivity index (χ0) is 15.8. The minimum atomic E-state index is -0.379. The van der Waals surface area contributed by atoms with Crippen molar-refractivity contribution in [3.63, 3.8) is 0 Å². The van der Waals surface area contributed by atoms with E-state index < -0.39 is 0 Å². The highest BCUT2D eigenvalue weighted by Crippen LogP contribution is 2.31. The number of aromatic nitrogens is 3. The molecule has 2 heterocycles. The smallest absolute Gasteiger partial charge is 0.260 e. The van der Waals surface area contributed by atoms with Crippen molar-refractivity contribution in [1.82, 2.24) is 14.6 Å². The number of hydrogen-bond donors (Lipinski definition) is 0. The molecule has 0 N–H and O–H groups in total. The second-order valence-electron chi connectivity index (χ2n) is 4.89. The molecule has 8 heteroatoms. The number of non-ortho nitro benzene ring substituents is 1. The Hall–Kier alpha value is -2.45. The van der Waals surface area contributed by atoms with Gasteiger partial charge in [0.2, 0.25) is 4.96 Å². The maximum Gasteiger partial charge on any atom is 0.269 e. The molecular weight excluding hydrogens is 332 g/mol. The van der Waals surface area contributed by atoms with Gasteiger partial charge in [0, 0.05) is 17.9 Å². The van der Waals surface area contributed by atoms with E-state index in [9.17, 15) is 10.1 Å². The van der Waals surface area contributed by atoms with Crippen LogP contribution >= 0.6 is 23.1 Å². The number of nitrogens with zero attached hydrogens (tertiary/aromatic N) is 4. The van der Waals surface area contributed by atoms with E-state index in [2.05, 4.69) is 16.3 Å². The lowest BCUT2D eigenvalue weighted by molar-refractivity contribution is -0.384. The average molecular weight is 342 g/mol. The molecule has 2 aromatic carbocycles. The molecule has 0 aliphatic rings. The van der Waals surface area contributed by atoms with Gasteiger partial charge in [-0.2, -0.15) is 0 Å². The standard InChI is InChI=1S/C15H10N4O2S2/c20-19(21)11-5-3-4-10(8-11)9-22-14-16-17-15-18(14)12-6-1-2-7-13(12)23-15/h1-8H,9H2. The summed E-state index contributed by atoms with van der Waals surface area (Å²) in [5, 5.41) is 20.1. The fourth-order valence-corrected chi connectivity index (χ4v) is 4.27. The maximum absolute atomic E-state index is 10.8. The van der Waals surface area contributed by atoms with Gasteiger partial charge < -0.3 is 0 Å². The van der Waals surface area contributed by atoms with E-state index in [1.165, 1.54) is 17.8 Å². The predicted octanol–water partition coefficient (Wildman–Crippen LogP) is 4.14. The third-order valence-electron chi connectivity index (χ3n) is 3.40. The molecule has 114 valence electrons. The van der Waals surface area contributed by atoms with E-state index in [0.717, 1.165) is 25.9 Å². The molecule has 0 aliphatic carbocycles. The van der Waals surface area contributed by atoms with Crippen molar-refractivity contribution in [3.8, 4) is 0 Å². The minimum absolute atomic E-state index is 0.107. The summed E-state index contributed by atoms with van der Waals surface area (Å²) in [6.45, 7) is 0. The number of fused-ring (bicyclic) bond motifs is 3. The molecule has 0 spiro atoms. The molecule has 4 aromatic rings. The van der Waals surface area contributed by atoms with Crippen molar-refractivity contribution < 1.29 is 4.92 Å². The lowest BCUT2D eigenvalue weighted by atomic mass is 10.2. The van der Waals surface area contributed by atoms with Crippen LogP contribution in [0.4, 0.5) is 5.69 Å². The molecular formula is C15H10N4O2S2. The van der Waals surface area contributed by atoms with Gasteiger partial charge in [0.25, 0.3) is 5.69 Å². The molecule has 0 fully saturated rings. The number of rotatable bonds is 4. The van der Waals surface area contributed by atoms with Crippen LogP contribution in [0.2, 0.25) is 0 Å². The van der Waals surface area contributed by atoms with E-state index in [1.54, 1.807) is 23.5 Å². The third-order valence-corrected chi connectivity index (χ3v) is 5.41. The predicted molar refractivity (Wildman–Crippen MR) is 91.0 cm³/mol. The van der Waals surface area contributed by atoms with Gasteiger partial charge >= 0.3 is 0 Å². The van der Waals surface area contributed by atoms with E-state index in [-0.39, 0.29) is 10.6 Å². The molecule has 0 saturated carbocycles. The number of nitro benzene ring substituents is 1. The molecule has 0 saturated heterocycles. The van der Waals surface area contributed by atoms with Crippen LogP contribution in [0.3, 0.4) is 0 Å². The van der Waals surface area contributed by atoms with Gasteiger partial charge in [-0.05, 0) is 17.7 Å². The van der Waals surface area contributed by atoms with Crippen molar-refractivity contribution in [2.75, 3.05) is 0 Å². The maximum atomic E-state index is 10.8. The summed E-state index contributed by atoms with van der Waals surface area (Å²) in [5.41, 5.74) is 2.08. The first kappa shape index (κ1) is 14.2. The second-order valence-corrected chi connectivity index (χ2v) is 6.84. The summed E-state index contributed by atoms with van der Waals surface area (Å²) in [5.74, 6) is 0.604. The molecule has 0 aliphatic heterocycles. The van der Waals surface area contributed by atoms with Crippen LogP contribution in [0.1, 0.15) is 5.56 Å². The normalized spacial score (nSPS) is 11.3. The van der Waals surface area contributed by atoms with Crippen LogP contribution in [0.25, 0.3) is 15.2 Å². The Morgan fingerprint density at radius 2 is 2.04 bits per heavy atom. The van der Waals surface area contributed by atoms with E-state index in [0.29, 0.717) is 5.75 Å². The molecule has 0 radical (unpaired) electrons. The van der Waals surface area contributed by atoms with Gasteiger partial charge in [-0.25, -0.2) is 0 Å². The number of hydrogen-bond acceptors (Lipinski definition) is 6. The Labute approximate surface area is 138 Å². The van der Waals surface area contributed by atoms with Gasteiger partial charge in [-0.1, -0.05) is 47.4 Å². The summed E-state index contributed by atoms with van der Waals surface area (Å²) in [4.78, 5) is 11.3. The number of benzene rings is 2. The Morgan fingerprint density at radius 1 is 1.17 bits per heavy atom. The summed E-state index contributed by atoms with van der Waals surface area (Å²) >= 11 is 3.12. The van der Waals surface area contributed by atoms with Crippen LogP contribution in [0, 0.1) is 10.1 Å². The SMILES string of the molecule is O=[N+]([O-])c1cccc(CSc2nnc3sc4ccccc4n23)c1. The molecule has 0 amide bonds. The first-order chi connectivity index (χ1) is 11.2. The number of thiazole rings is 1. The van der Waals surface area contributed by atoms with Crippen LogP contribution in [0.15, 0.2) is 53.7 Å². The first-order valence-corrected chi connectivity index (χ1v) is 8.61. The Morgan fingerprint density at radius 3 is 2.91 bits per heavy atom. The van der Waals surface area contributed by atoms with Crippen molar-refractivity contribution in [2.24, 2.45) is 0 Å². The molecule has 0 atom stereocenters. The topological polar surface area (TPSA) is 73.3 Å². The fraction of sp³-hybridized carbons (Fsp3) is 0.0667. The molecule has 6 nitrogen and oxygen atoms in total. The highest BCUT2D eigenvalue weighted by molar-refractivity contribution is 7.98. The Kier molecular flexibility index (Phi) is 3.47. The molecule has 2 aromatic heterocycles. The highest BCUT2D eigenvalue weighted by atomic mass is 32.2. The molecule has 0 bridgehead atoms. The highest BCUT2D eigenvalue weighted by Gasteiger charge is 2.13. The van der Waals surface area contributed by atoms with Crippen molar-refractivity contribution in [1.29, 1.82) is 0 Å². The second kappa shape index (κ2) is 5.64. The summed E-state index contributed by atoms with van der Waals surface area (Å²) in [6, 6.07) is 14.8. The Balaban J connectivity index is 1.65. The zero-order valence-corrected chi connectivity index (χ0v) is 13.4. The lowest BCUT2D eigenvalue weighted by Crippen LogP contribution is -1.90. The van der Waals surface area contributed by atoms with Crippen molar-refractivity contribution in [3.05, 3.63) is 64.2 Å². The van der Waals surface area contributed by atoms with E-state index >= 15 is 0 Å². The lowest BCUT2D eigenvalue weighted by Gasteiger charge is -2.00. The van der Waals surface area contributed by atoms with Crippen LogP contribution < -0.4 is 0 Å². The summed E-state index contributed by atoms with van der Waals surface area (Å²) in [7, 11) is 0. The summed E-state index contributed by atoms with van der Waals surface area (Å²) < 4.78 is 3.19. The van der Waals surface area contributed by atoms with Crippen molar-refractivity contribution in [2.45, 2.75) is 10.9 Å². The summed E-state index contributed by atoms with van der Waals surface area (Å²) in [6.07, 6.45) is 0. The fourth-order valence-electron chi connectivity index (χ4n) is 2.36. The van der Waals surface area contributed by atoms with Crippen LogP contribution in [-0.2, 0) is 5.75 Å².